The number of carbonyl (C=O) groups excluding carboxylic acids is 1. The Bertz CT molecular complexity index is 1580. The molecule has 42 heavy (non-hydrogen) atoms. The second-order valence-electron chi connectivity index (χ2n) is 8.80. The number of nitrogens with two attached hydrogens (primary N) is 2. The van der Waals surface area contributed by atoms with Gasteiger partial charge < -0.3 is 30.6 Å². The fourth-order valence-corrected chi connectivity index (χ4v) is 6.43. The molecule has 2 aromatic carbocycles. The number of hydrogen-bond acceptors (Lipinski definition) is 11. The molecule has 0 saturated heterocycles. The standard InChI is InChI=1S/C24H29FN6O8S3/c25-6-7-38-17-3-1-2-15(8-17)13-41(35)14-20(23(33)34)29-22(32)11-31(27)10-16(26)12-39-18-4-5-19-21(9-18)40-24(30-19)42(28,36)37/h1-5,8-10,20H,6-7,11-14,26-27H2,(H,29,32)(H,33,34)(H2,28,36,37)/p+1/b16-10-/t20-,41?/m1/s1. The third kappa shape index (κ3) is 10.3. The van der Waals surface area contributed by atoms with Crippen molar-refractivity contribution in [2.75, 3.05) is 32.2 Å². The largest absolute Gasteiger partial charge is 0.491 e. The maximum absolute atomic E-state index is 12.6. The molecule has 0 aliphatic carbocycles. The summed E-state index contributed by atoms with van der Waals surface area (Å²) in [5.74, 6) is 4.21. The Labute approximate surface area is 246 Å². The summed E-state index contributed by atoms with van der Waals surface area (Å²) in [6, 6.07) is 9.86. The molecule has 3 aromatic rings. The van der Waals surface area contributed by atoms with Gasteiger partial charge in [-0.3, -0.25) is 9.00 Å². The predicted molar refractivity (Wildman–Crippen MR) is 153 cm³/mol. The molecule has 1 amide bonds. The van der Waals surface area contributed by atoms with Crippen LogP contribution in [0.5, 0.6) is 11.5 Å². The van der Waals surface area contributed by atoms with Crippen LogP contribution in [0.25, 0.3) is 10.2 Å². The Kier molecular flexibility index (Phi) is 11.7. The molecule has 1 heterocycles. The molecule has 0 saturated carbocycles. The van der Waals surface area contributed by atoms with Crippen molar-refractivity contribution < 1.29 is 46.9 Å². The van der Waals surface area contributed by atoms with Crippen LogP contribution in [-0.4, -0.2) is 77.8 Å². The van der Waals surface area contributed by atoms with Crippen molar-refractivity contribution in [3.05, 3.63) is 59.9 Å². The highest BCUT2D eigenvalue weighted by Crippen LogP contribution is 2.28. The van der Waals surface area contributed by atoms with Crippen LogP contribution in [0.2, 0.25) is 0 Å². The SMILES string of the molecule is NN(/C=C(\[NH3+])COc1ccc2nc(S(N)(=O)=O)sc2c1)CC(=O)N[C@H](CS(=O)Cc1cccc(OCCF)c1)C(=O)O. The summed E-state index contributed by atoms with van der Waals surface area (Å²) < 4.78 is 59.1. The Morgan fingerprint density at radius 3 is 2.67 bits per heavy atom. The van der Waals surface area contributed by atoms with Crippen LogP contribution in [0.4, 0.5) is 4.39 Å². The van der Waals surface area contributed by atoms with Gasteiger partial charge >= 0.3 is 5.97 Å². The van der Waals surface area contributed by atoms with E-state index >= 15 is 0 Å². The average Bonchev–Trinajstić information content (AvgIpc) is 3.35. The number of halogens is 1. The number of sulfonamides is 1. The fourth-order valence-electron chi connectivity index (χ4n) is 3.48. The molecule has 14 nitrogen and oxygen atoms in total. The number of hydrazine groups is 1. The monoisotopic (exact) mass is 645 g/mol. The van der Waals surface area contributed by atoms with Crippen LogP contribution < -0.4 is 31.5 Å². The first kappa shape index (κ1) is 32.8. The van der Waals surface area contributed by atoms with E-state index in [1.807, 2.05) is 0 Å². The Morgan fingerprint density at radius 2 is 1.98 bits per heavy atom. The second kappa shape index (κ2) is 15.0. The number of thiazole rings is 1. The summed E-state index contributed by atoms with van der Waals surface area (Å²) in [5.41, 5.74) is 5.22. The van der Waals surface area contributed by atoms with Gasteiger partial charge in [0.2, 0.25) is 10.2 Å². The molecule has 0 aliphatic rings. The molecular weight excluding hydrogens is 615 g/mol. The molecular formula is C24H30FN6O8S3+. The Hall–Kier alpha value is -3.68. The number of primary sulfonamides is 1. The van der Waals surface area contributed by atoms with E-state index in [-0.39, 0.29) is 29.1 Å². The molecule has 9 N–H and O–H groups in total. The lowest BCUT2D eigenvalue weighted by molar-refractivity contribution is -0.310. The molecule has 1 aromatic heterocycles. The molecule has 0 fully saturated rings. The van der Waals surface area contributed by atoms with Crippen LogP contribution in [0.15, 0.2) is 58.7 Å². The van der Waals surface area contributed by atoms with Crippen molar-refractivity contribution >= 4 is 54.3 Å². The van der Waals surface area contributed by atoms with Crippen LogP contribution in [0, 0.1) is 0 Å². The van der Waals surface area contributed by atoms with Gasteiger partial charge in [0.25, 0.3) is 10.0 Å². The van der Waals surface area contributed by atoms with Crippen molar-refractivity contribution in [1.82, 2.24) is 15.3 Å². The number of carboxylic acid groups (broad SMARTS) is 1. The highest BCUT2D eigenvalue weighted by atomic mass is 32.2. The first-order valence-corrected chi connectivity index (χ1v) is 15.9. The number of nitrogens with one attached hydrogen (secondary N) is 1. The summed E-state index contributed by atoms with van der Waals surface area (Å²) in [6.45, 7) is -1.23. The third-order valence-corrected chi connectivity index (χ3v) is 8.94. The zero-order valence-corrected chi connectivity index (χ0v) is 24.6. The van der Waals surface area contributed by atoms with Crippen molar-refractivity contribution in [3.8, 4) is 11.5 Å². The predicted octanol–water partition coefficient (Wildman–Crippen LogP) is -0.552. The van der Waals surface area contributed by atoms with Crippen LogP contribution >= 0.6 is 11.3 Å². The number of aliphatic carboxylic acids is 1. The van der Waals surface area contributed by atoms with Crippen LogP contribution in [0.3, 0.4) is 0 Å². The van der Waals surface area contributed by atoms with E-state index in [9.17, 15) is 31.7 Å². The molecule has 3 rings (SSSR count). The molecule has 2 atom stereocenters. The number of quaternary nitrogens is 1. The number of aromatic nitrogens is 1. The smallest absolute Gasteiger partial charge is 0.327 e. The van der Waals surface area contributed by atoms with Crippen molar-refractivity contribution in [3.63, 3.8) is 0 Å². The van der Waals surface area contributed by atoms with Crippen molar-refractivity contribution in [2.45, 2.75) is 16.1 Å². The number of carbonyl (C=O) groups is 2. The topological polar surface area (TPSA) is 232 Å². The molecule has 1 unspecified atom stereocenters. The van der Waals surface area contributed by atoms with Gasteiger partial charge in [-0.05, 0) is 35.9 Å². The van der Waals surface area contributed by atoms with E-state index in [0.717, 1.165) is 16.3 Å². The minimum absolute atomic E-state index is 0.00626. The molecule has 0 radical (unpaired) electrons. The normalized spacial score (nSPS) is 13.4. The summed E-state index contributed by atoms with van der Waals surface area (Å²) in [5, 5.41) is 17.9. The third-order valence-electron chi connectivity index (χ3n) is 5.24. The van der Waals surface area contributed by atoms with Crippen LogP contribution in [0.1, 0.15) is 5.56 Å². The number of carboxylic acids is 1. The van der Waals surface area contributed by atoms with E-state index in [2.05, 4.69) is 16.0 Å². The van der Waals surface area contributed by atoms with E-state index in [4.69, 9.17) is 20.5 Å². The summed E-state index contributed by atoms with van der Waals surface area (Å²) in [4.78, 5) is 28.1. The fraction of sp³-hybridized carbons (Fsp3) is 0.292. The minimum Gasteiger partial charge on any atom is -0.491 e. The van der Waals surface area contributed by atoms with Gasteiger partial charge in [0, 0.05) is 16.6 Å². The molecule has 0 aliphatic heterocycles. The second-order valence-corrected chi connectivity index (χ2v) is 13.1. The maximum atomic E-state index is 12.6. The molecule has 18 heteroatoms. The first-order valence-electron chi connectivity index (χ1n) is 12.1. The van der Waals surface area contributed by atoms with Crippen molar-refractivity contribution in [2.24, 2.45) is 11.0 Å². The van der Waals surface area contributed by atoms with E-state index < -0.39 is 52.0 Å². The summed E-state index contributed by atoms with van der Waals surface area (Å²) in [7, 11) is -5.58. The number of amides is 1. The van der Waals surface area contributed by atoms with Crippen molar-refractivity contribution in [1.29, 1.82) is 0 Å². The van der Waals surface area contributed by atoms with Gasteiger partial charge in [0.1, 0.15) is 37.4 Å². The van der Waals surface area contributed by atoms with Gasteiger partial charge in [-0.15, -0.1) is 11.3 Å². The highest BCUT2D eigenvalue weighted by molar-refractivity contribution is 7.91. The van der Waals surface area contributed by atoms with Gasteiger partial charge in [0.15, 0.2) is 12.3 Å². The number of benzene rings is 2. The Morgan fingerprint density at radius 1 is 1.24 bits per heavy atom. The number of hydrogen-bond donors (Lipinski definition) is 5. The number of ether oxygens (including phenoxy) is 2. The summed E-state index contributed by atoms with van der Waals surface area (Å²) in [6.07, 6.45) is 1.33. The lowest BCUT2D eigenvalue weighted by Gasteiger charge is -2.17. The maximum Gasteiger partial charge on any atom is 0.327 e. The van der Waals surface area contributed by atoms with Crippen LogP contribution in [-0.2, 0) is 36.2 Å². The van der Waals surface area contributed by atoms with E-state index in [1.54, 1.807) is 42.5 Å². The quantitative estimate of drug-likeness (QED) is 0.0979. The molecule has 228 valence electrons. The van der Waals surface area contributed by atoms with Gasteiger partial charge in [0.05, 0.1) is 22.2 Å². The lowest BCUT2D eigenvalue weighted by Crippen LogP contribution is -2.52. The lowest BCUT2D eigenvalue weighted by atomic mass is 10.2. The molecule has 0 bridgehead atoms. The van der Waals surface area contributed by atoms with Gasteiger partial charge in [-0.1, -0.05) is 12.1 Å². The number of nitrogens with zero attached hydrogens (tertiary/aromatic N) is 2. The number of rotatable bonds is 16. The van der Waals surface area contributed by atoms with Gasteiger partial charge in [-0.25, -0.2) is 33.6 Å². The first-order chi connectivity index (χ1) is 19.8. The zero-order chi connectivity index (χ0) is 30.9. The Balaban J connectivity index is 1.50. The van der Waals surface area contributed by atoms with E-state index in [0.29, 0.717) is 33.0 Å². The molecule has 0 spiro atoms. The minimum atomic E-state index is -3.93. The zero-order valence-electron chi connectivity index (χ0n) is 22.1. The summed E-state index contributed by atoms with van der Waals surface area (Å²) >= 11 is 0.899. The highest BCUT2D eigenvalue weighted by Gasteiger charge is 2.23. The average molecular weight is 646 g/mol. The number of alkyl halides is 1. The van der Waals surface area contributed by atoms with E-state index in [1.165, 1.54) is 6.20 Å². The number of fused-ring (bicyclic) bond motifs is 1. The van der Waals surface area contributed by atoms with Gasteiger partial charge in [-0.2, -0.15) is 0 Å².